The van der Waals surface area contributed by atoms with Gasteiger partial charge in [-0.2, -0.15) is 0 Å². The molecule has 0 bridgehead atoms. The monoisotopic (exact) mass is 375 g/mol. The number of morpholine rings is 1. The lowest BCUT2D eigenvalue weighted by atomic mass is 10.1. The Kier molecular flexibility index (Phi) is 5.89. The topological polar surface area (TPSA) is 63.2 Å². The summed E-state index contributed by atoms with van der Waals surface area (Å²) in [5, 5.41) is 3.48. The highest BCUT2D eigenvalue weighted by molar-refractivity contribution is 5.56. The summed E-state index contributed by atoms with van der Waals surface area (Å²) in [6.07, 6.45) is 3.52. The number of aromatic nitrogens is 3. The number of hydrogen-bond acceptors (Lipinski definition) is 6. The van der Waals surface area contributed by atoms with Crippen molar-refractivity contribution in [3.05, 3.63) is 71.7 Å². The van der Waals surface area contributed by atoms with E-state index >= 15 is 0 Å². The van der Waals surface area contributed by atoms with E-state index in [2.05, 4.69) is 49.4 Å². The fourth-order valence-electron chi connectivity index (χ4n) is 3.36. The minimum absolute atomic E-state index is 0.714. The second kappa shape index (κ2) is 8.91. The minimum Gasteiger partial charge on any atom is -0.379 e. The summed E-state index contributed by atoms with van der Waals surface area (Å²) in [7, 11) is 0. The van der Waals surface area contributed by atoms with Crippen molar-refractivity contribution in [2.24, 2.45) is 0 Å². The molecule has 28 heavy (non-hydrogen) atoms. The maximum atomic E-state index is 5.46. The molecule has 0 spiro atoms. The smallest absolute Gasteiger partial charge is 0.161 e. The number of nitrogens with one attached hydrogen (secondary N) is 1. The zero-order valence-corrected chi connectivity index (χ0v) is 16.1. The van der Waals surface area contributed by atoms with Crippen molar-refractivity contribution < 1.29 is 4.74 Å². The van der Waals surface area contributed by atoms with Crippen LogP contribution in [-0.2, 0) is 17.8 Å². The molecule has 1 aliphatic rings. The van der Waals surface area contributed by atoms with E-state index in [0.717, 1.165) is 56.5 Å². The largest absolute Gasteiger partial charge is 0.379 e. The molecule has 0 amide bonds. The van der Waals surface area contributed by atoms with E-state index in [9.17, 15) is 0 Å². The number of pyridine rings is 1. The Morgan fingerprint density at radius 3 is 2.54 bits per heavy atom. The fourth-order valence-corrected chi connectivity index (χ4v) is 3.36. The van der Waals surface area contributed by atoms with Crippen molar-refractivity contribution in [1.29, 1.82) is 0 Å². The van der Waals surface area contributed by atoms with Crippen LogP contribution >= 0.6 is 0 Å². The van der Waals surface area contributed by atoms with E-state index in [0.29, 0.717) is 5.82 Å². The molecule has 1 fully saturated rings. The average molecular weight is 375 g/mol. The van der Waals surface area contributed by atoms with Crippen LogP contribution in [0.4, 0.5) is 5.82 Å². The van der Waals surface area contributed by atoms with Crippen molar-refractivity contribution in [3.8, 4) is 11.4 Å². The predicted molar refractivity (Wildman–Crippen MR) is 110 cm³/mol. The summed E-state index contributed by atoms with van der Waals surface area (Å²) in [4.78, 5) is 15.8. The van der Waals surface area contributed by atoms with Gasteiger partial charge >= 0.3 is 0 Å². The molecule has 1 N–H and O–H groups in total. The lowest BCUT2D eigenvalue weighted by Crippen LogP contribution is -2.35. The van der Waals surface area contributed by atoms with Crippen molar-refractivity contribution in [1.82, 2.24) is 19.9 Å². The molecule has 0 unspecified atom stereocenters. The van der Waals surface area contributed by atoms with Gasteiger partial charge in [-0.05, 0) is 30.2 Å². The predicted octanol–water partition coefficient (Wildman–Crippen LogP) is 3.29. The van der Waals surface area contributed by atoms with Crippen LogP contribution in [0.1, 0.15) is 16.8 Å². The summed E-state index contributed by atoms with van der Waals surface area (Å²) in [6.45, 7) is 7.28. The molecule has 6 nitrogen and oxygen atoms in total. The third-order valence-electron chi connectivity index (χ3n) is 4.87. The first-order valence-corrected chi connectivity index (χ1v) is 9.65. The van der Waals surface area contributed by atoms with Gasteiger partial charge in [-0.3, -0.25) is 9.88 Å². The first-order valence-electron chi connectivity index (χ1n) is 9.65. The average Bonchev–Trinajstić information content (AvgIpc) is 2.74. The van der Waals surface area contributed by atoms with Crippen LogP contribution in [-0.4, -0.2) is 46.2 Å². The molecule has 4 rings (SSSR count). The second-order valence-electron chi connectivity index (χ2n) is 6.96. The number of nitrogens with zero attached hydrogens (tertiary/aromatic N) is 4. The Morgan fingerprint density at radius 2 is 1.75 bits per heavy atom. The Morgan fingerprint density at radius 1 is 1.00 bits per heavy atom. The first-order chi connectivity index (χ1) is 13.8. The van der Waals surface area contributed by atoms with Gasteiger partial charge < -0.3 is 10.1 Å². The summed E-state index contributed by atoms with van der Waals surface area (Å²) in [5.74, 6) is 1.55. The molecule has 1 aromatic carbocycles. The number of hydrogen-bond donors (Lipinski definition) is 1. The minimum atomic E-state index is 0.714. The van der Waals surface area contributed by atoms with Crippen LogP contribution in [0.5, 0.6) is 0 Å². The van der Waals surface area contributed by atoms with Crippen LogP contribution in [0.2, 0.25) is 0 Å². The first kappa shape index (κ1) is 18.5. The van der Waals surface area contributed by atoms with Crippen LogP contribution in [0.3, 0.4) is 0 Å². The van der Waals surface area contributed by atoms with Crippen molar-refractivity contribution in [2.75, 3.05) is 31.6 Å². The molecule has 3 aromatic rings. The Bertz CT molecular complexity index is 910. The Labute approximate surface area is 165 Å². The van der Waals surface area contributed by atoms with E-state index in [-0.39, 0.29) is 0 Å². The normalized spacial score (nSPS) is 14.8. The van der Waals surface area contributed by atoms with Gasteiger partial charge in [-0.25, -0.2) is 9.97 Å². The third-order valence-corrected chi connectivity index (χ3v) is 4.87. The van der Waals surface area contributed by atoms with Gasteiger partial charge in [0, 0.05) is 55.9 Å². The van der Waals surface area contributed by atoms with Gasteiger partial charge in [0.05, 0.1) is 13.2 Å². The van der Waals surface area contributed by atoms with Crippen LogP contribution in [0.25, 0.3) is 11.4 Å². The number of benzene rings is 1. The number of aryl methyl sites for hydroxylation is 1. The molecule has 0 aliphatic carbocycles. The molecular formula is C22H25N5O. The molecule has 3 heterocycles. The highest BCUT2D eigenvalue weighted by Crippen LogP contribution is 2.19. The Hall–Kier alpha value is -2.83. The lowest BCUT2D eigenvalue weighted by Gasteiger charge is -2.27. The van der Waals surface area contributed by atoms with Crippen molar-refractivity contribution in [2.45, 2.75) is 20.0 Å². The summed E-state index contributed by atoms with van der Waals surface area (Å²) < 4.78 is 5.46. The number of ether oxygens (including phenoxy) is 1. The SMILES string of the molecule is Cc1cc(NCc2ccccc2CN2CCOCC2)nc(-c2ccncc2)n1. The quantitative estimate of drug-likeness (QED) is 0.713. The fraction of sp³-hybridized carbons (Fsp3) is 0.318. The van der Waals surface area contributed by atoms with Gasteiger partial charge in [0.25, 0.3) is 0 Å². The zero-order chi connectivity index (χ0) is 19.2. The maximum Gasteiger partial charge on any atom is 0.161 e. The number of anilines is 1. The van der Waals surface area contributed by atoms with Gasteiger partial charge in [0.15, 0.2) is 5.82 Å². The molecule has 6 heteroatoms. The van der Waals surface area contributed by atoms with Crippen LogP contribution in [0, 0.1) is 6.92 Å². The highest BCUT2D eigenvalue weighted by Gasteiger charge is 2.13. The summed E-state index contributed by atoms with van der Waals surface area (Å²) >= 11 is 0. The molecule has 1 saturated heterocycles. The summed E-state index contributed by atoms with van der Waals surface area (Å²) in [5.41, 5.74) is 4.54. The Balaban J connectivity index is 1.48. The second-order valence-corrected chi connectivity index (χ2v) is 6.96. The zero-order valence-electron chi connectivity index (χ0n) is 16.1. The molecule has 0 saturated carbocycles. The third kappa shape index (κ3) is 4.71. The van der Waals surface area contributed by atoms with E-state index < -0.39 is 0 Å². The van der Waals surface area contributed by atoms with E-state index in [4.69, 9.17) is 4.74 Å². The molecule has 0 radical (unpaired) electrons. The maximum absolute atomic E-state index is 5.46. The molecule has 0 atom stereocenters. The van der Waals surface area contributed by atoms with Gasteiger partial charge in [0.1, 0.15) is 5.82 Å². The molecule has 144 valence electrons. The van der Waals surface area contributed by atoms with Crippen molar-refractivity contribution in [3.63, 3.8) is 0 Å². The molecule has 2 aromatic heterocycles. The van der Waals surface area contributed by atoms with Crippen molar-refractivity contribution >= 4 is 5.82 Å². The van der Waals surface area contributed by atoms with Gasteiger partial charge in [0.2, 0.25) is 0 Å². The van der Waals surface area contributed by atoms with E-state index in [1.165, 1.54) is 11.1 Å². The van der Waals surface area contributed by atoms with Crippen LogP contribution < -0.4 is 5.32 Å². The van der Waals surface area contributed by atoms with Crippen LogP contribution in [0.15, 0.2) is 54.9 Å². The number of rotatable bonds is 6. The molecular weight excluding hydrogens is 350 g/mol. The highest BCUT2D eigenvalue weighted by atomic mass is 16.5. The van der Waals surface area contributed by atoms with E-state index in [1.54, 1.807) is 12.4 Å². The lowest BCUT2D eigenvalue weighted by molar-refractivity contribution is 0.0341. The molecule has 1 aliphatic heterocycles. The standard InChI is InChI=1S/C22H25N5O/c1-17-14-21(26-22(25-17)18-6-8-23-9-7-18)24-15-19-4-2-3-5-20(19)16-27-10-12-28-13-11-27/h2-9,14H,10-13,15-16H2,1H3,(H,24,25,26). The summed E-state index contributed by atoms with van der Waals surface area (Å²) in [6, 6.07) is 14.4. The van der Waals surface area contributed by atoms with Gasteiger partial charge in [-0.15, -0.1) is 0 Å². The van der Waals surface area contributed by atoms with Gasteiger partial charge in [-0.1, -0.05) is 24.3 Å². The van der Waals surface area contributed by atoms with E-state index in [1.807, 2.05) is 25.1 Å².